The molecule has 0 radical (unpaired) electrons. The fourth-order valence-electron chi connectivity index (χ4n) is 5.00. The average molecular weight is 552 g/mol. The van der Waals surface area contributed by atoms with Crippen LogP contribution in [0.3, 0.4) is 0 Å². The molecule has 4 aromatic rings. The molecule has 11 heteroatoms. The molecule has 0 aliphatic carbocycles. The minimum absolute atomic E-state index is 0.225. The third-order valence-corrected chi connectivity index (χ3v) is 7.37. The van der Waals surface area contributed by atoms with Crippen LogP contribution >= 0.6 is 23.2 Å². The van der Waals surface area contributed by atoms with E-state index in [1.807, 2.05) is 24.0 Å². The number of nitrogens with two attached hydrogens (primary N) is 1. The summed E-state index contributed by atoms with van der Waals surface area (Å²) in [6.07, 6.45) is 6.26. The highest BCUT2D eigenvalue weighted by molar-refractivity contribution is 6.35. The van der Waals surface area contributed by atoms with Gasteiger partial charge < -0.3 is 20.1 Å². The molecule has 0 unspecified atom stereocenters. The van der Waals surface area contributed by atoms with E-state index < -0.39 is 6.10 Å². The fourth-order valence-corrected chi connectivity index (χ4v) is 5.67. The van der Waals surface area contributed by atoms with Crippen molar-refractivity contribution in [2.24, 2.45) is 5.73 Å². The van der Waals surface area contributed by atoms with Gasteiger partial charge in [-0.3, -0.25) is 10.1 Å². The van der Waals surface area contributed by atoms with Crippen LogP contribution in [-0.4, -0.2) is 45.9 Å². The van der Waals surface area contributed by atoms with Crippen molar-refractivity contribution >= 4 is 39.9 Å². The normalized spacial score (nSPS) is 15.1. The van der Waals surface area contributed by atoms with E-state index in [0.717, 1.165) is 23.7 Å². The maximum Gasteiger partial charge on any atom is 0.162 e. The lowest BCUT2D eigenvalue weighted by Gasteiger charge is -2.48. The topological polar surface area (TPSA) is 126 Å². The third-order valence-electron chi connectivity index (χ3n) is 6.77. The molecule has 196 valence electrons. The zero-order valence-electron chi connectivity index (χ0n) is 21.3. The molecule has 1 aromatic carbocycles. The minimum Gasteiger partial charge on any atom is -0.493 e. The van der Waals surface area contributed by atoms with Crippen LogP contribution in [0.4, 0.5) is 5.82 Å². The second-order valence-corrected chi connectivity index (χ2v) is 10.4. The molecule has 9 nitrogen and oxygen atoms in total. The summed E-state index contributed by atoms with van der Waals surface area (Å²) < 4.78 is 11.8. The van der Waals surface area contributed by atoms with E-state index in [0.29, 0.717) is 62.8 Å². The molecule has 3 N–H and O–H groups in total. The summed E-state index contributed by atoms with van der Waals surface area (Å²) in [6.45, 7) is 5.32. The number of rotatable bonds is 8. The number of hydrogen-bond donors (Lipinski definition) is 2. The molecule has 38 heavy (non-hydrogen) atoms. The van der Waals surface area contributed by atoms with Crippen LogP contribution in [0.2, 0.25) is 10.0 Å². The number of nitriles is 1. The number of fused-ring (bicyclic) bond motifs is 1. The van der Waals surface area contributed by atoms with Gasteiger partial charge in [0.1, 0.15) is 23.7 Å². The first-order chi connectivity index (χ1) is 18.3. The summed E-state index contributed by atoms with van der Waals surface area (Å²) in [7, 11) is 1.57. The molecular formula is C27H27Cl2N7O2. The Morgan fingerprint density at radius 1 is 1.18 bits per heavy atom. The molecule has 4 heterocycles. The zero-order valence-corrected chi connectivity index (χ0v) is 22.8. The van der Waals surface area contributed by atoms with E-state index in [2.05, 4.69) is 33.2 Å². The second-order valence-electron chi connectivity index (χ2n) is 9.57. The van der Waals surface area contributed by atoms with E-state index >= 15 is 0 Å². The quantitative estimate of drug-likeness (QED) is 0.287. The molecule has 3 aromatic heterocycles. The van der Waals surface area contributed by atoms with Gasteiger partial charge in [0.05, 0.1) is 33.8 Å². The summed E-state index contributed by atoms with van der Waals surface area (Å²) in [5.41, 5.74) is 9.38. The Hall–Kier alpha value is -3.58. The highest BCUT2D eigenvalue weighted by Crippen LogP contribution is 2.40. The molecule has 1 saturated heterocycles. The Morgan fingerprint density at radius 2 is 1.92 bits per heavy atom. The van der Waals surface area contributed by atoms with Crippen molar-refractivity contribution in [2.75, 3.05) is 25.1 Å². The molecule has 0 spiro atoms. The standard InChI is InChI=1S/C27H27Cl2N7O2/c1-4-5-27(31)13-36(14-27)26-16(9-30)6-17(10-33-26)25-18-7-23(22(37-3)8-21(18)34-35-25)38-15(2)24-19(28)11-32-12-20(24)29/h6-8,10-12,15H,4-5,13-14,31H2,1-3H3,(H,34,35)/t15-/m1/s1. The number of nitrogens with one attached hydrogen (secondary N) is 1. The van der Waals surface area contributed by atoms with Crippen molar-refractivity contribution in [1.29, 1.82) is 5.26 Å². The summed E-state index contributed by atoms with van der Waals surface area (Å²) in [5.74, 6) is 1.64. The number of methoxy groups -OCH3 is 1. The van der Waals surface area contributed by atoms with Crippen LogP contribution in [0.15, 0.2) is 36.8 Å². The van der Waals surface area contributed by atoms with Gasteiger partial charge in [-0.05, 0) is 25.5 Å². The van der Waals surface area contributed by atoms with Crippen LogP contribution in [0, 0.1) is 11.3 Å². The predicted molar refractivity (Wildman–Crippen MR) is 148 cm³/mol. The van der Waals surface area contributed by atoms with Gasteiger partial charge in [0, 0.05) is 54.3 Å². The SMILES string of the molecule is CCCC1(N)CN(c2ncc(-c3n[nH]c4cc(OC)c(O[C@H](C)c5c(Cl)cncc5Cl)cc34)cc2C#N)C1. The van der Waals surface area contributed by atoms with Crippen LogP contribution in [0.1, 0.15) is 43.9 Å². The lowest BCUT2D eigenvalue weighted by Crippen LogP contribution is -2.67. The van der Waals surface area contributed by atoms with Gasteiger partial charge in [0.25, 0.3) is 0 Å². The van der Waals surface area contributed by atoms with Gasteiger partial charge in [-0.2, -0.15) is 10.4 Å². The summed E-state index contributed by atoms with van der Waals surface area (Å²) in [5, 5.41) is 19.0. The summed E-state index contributed by atoms with van der Waals surface area (Å²) in [4.78, 5) is 10.7. The van der Waals surface area contributed by atoms with Crippen LogP contribution in [-0.2, 0) is 0 Å². The van der Waals surface area contributed by atoms with Crippen molar-refractivity contribution in [3.05, 3.63) is 58.0 Å². The van der Waals surface area contributed by atoms with E-state index in [-0.39, 0.29) is 5.54 Å². The minimum atomic E-state index is -0.482. The number of H-pyrrole nitrogens is 1. The van der Waals surface area contributed by atoms with Crippen LogP contribution in [0.25, 0.3) is 22.2 Å². The van der Waals surface area contributed by atoms with Gasteiger partial charge in [-0.25, -0.2) is 4.98 Å². The van der Waals surface area contributed by atoms with Crippen molar-refractivity contribution in [3.8, 4) is 28.8 Å². The molecule has 1 aliphatic heterocycles. The summed E-state index contributed by atoms with van der Waals surface area (Å²) >= 11 is 12.7. The van der Waals surface area contributed by atoms with Gasteiger partial charge in [0.15, 0.2) is 11.5 Å². The maximum atomic E-state index is 9.88. The molecular weight excluding hydrogens is 525 g/mol. The molecule has 1 atom stereocenters. The first-order valence-electron chi connectivity index (χ1n) is 12.2. The number of pyridine rings is 2. The zero-order chi connectivity index (χ0) is 27.0. The Labute approximate surface area is 230 Å². The van der Waals surface area contributed by atoms with Gasteiger partial charge in [-0.1, -0.05) is 36.5 Å². The van der Waals surface area contributed by atoms with Crippen LogP contribution < -0.4 is 20.1 Å². The number of aromatic nitrogens is 4. The number of anilines is 1. The first-order valence-corrected chi connectivity index (χ1v) is 13.0. The molecule has 0 bridgehead atoms. The number of ether oxygens (including phenoxy) is 2. The highest BCUT2D eigenvalue weighted by Gasteiger charge is 2.40. The monoisotopic (exact) mass is 551 g/mol. The maximum absolute atomic E-state index is 9.88. The second kappa shape index (κ2) is 10.3. The van der Waals surface area contributed by atoms with Gasteiger partial charge >= 0.3 is 0 Å². The Kier molecular flexibility index (Phi) is 7.05. The van der Waals surface area contributed by atoms with E-state index in [1.54, 1.807) is 19.4 Å². The Morgan fingerprint density at radius 3 is 2.58 bits per heavy atom. The van der Waals surface area contributed by atoms with Crippen molar-refractivity contribution in [2.45, 2.75) is 38.3 Å². The number of halogens is 2. The smallest absolute Gasteiger partial charge is 0.162 e. The lowest BCUT2D eigenvalue weighted by atomic mass is 9.86. The van der Waals surface area contributed by atoms with Gasteiger partial charge in [0.2, 0.25) is 0 Å². The number of benzene rings is 1. The summed E-state index contributed by atoms with van der Waals surface area (Å²) in [6, 6.07) is 7.74. The molecule has 5 rings (SSSR count). The highest BCUT2D eigenvalue weighted by atomic mass is 35.5. The van der Waals surface area contributed by atoms with Gasteiger partial charge in [-0.15, -0.1) is 0 Å². The predicted octanol–water partition coefficient (Wildman–Crippen LogP) is 5.66. The lowest BCUT2D eigenvalue weighted by molar-refractivity contribution is 0.216. The van der Waals surface area contributed by atoms with E-state index in [9.17, 15) is 5.26 Å². The van der Waals surface area contributed by atoms with Crippen molar-refractivity contribution < 1.29 is 9.47 Å². The average Bonchev–Trinajstić information content (AvgIpc) is 3.29. The van der Waals surface area contributed by atoms with Crippen molar-refractivity contribution in [1.82, 2.24) is 20.2 Å². The van der Waals surface area contributed by atoms with Crippen LogP contribution in [0.5, 0.6) is 11.5 Å². The molecule has 0 saturated carbocycles. The Balaban J connectivity index is 1.48. The molecule has 1 aliphatic rings. The third kappa shape index (κ3) is 4.71. The number of aromatic amines is 1. The largest absolute Gasteiger partial charge is 0.493 e. The first kappa shape index (κ1) is 26.0. The Bertz CT molecular complexity index is 1520. The number of nitrogens with zero attached hydrogens (tertiary/aromatic N) is 5. The molecule has 1 fully saturated rings. The van der Waals surface area contributed by atoms with E-state index in [4.69, 9.17) is 38.4 Å². The molecule has 0 amide bonds. The van der Waals surface area contributed by atoms with Crippen molar-refractivity contribution in [3.63, 3.8) is 0 Å². The van der Waals surface area contributed by atoms with E-state index in [1.165, 1.54) is 12.4 Å². The fraction of sp³-hybridized carbons (Fsp3) is 0.333. The number of hydrogen-bond acceptors (Lipinski definition) is 8.